The molecule has 0 unspecified atom stereocenters. The average Bonchev–Trinajstić information content (AvgIpc) is 2.63. The zero-order chi connectivity index (χ0) is 17.6. The molecule has 0 heterocycles. The second kappa shape index (κ2) is 7.82. The van der Waals surface area contributed by atoms with Crippen molar-refractivity contribution in [2.75, 3.05) is 5.32 Å². The molecule has 0 aliphatic carbocycles. The lowest BCUT2D eigenvalue weighted by Crippen LogP contribution is -2.13. The first-order valence-electron chi connectivity index (χ1n) is 8.03. The molecule has 1 N–H and O–H groups in total. The molecular formula is C22H18ClNO. The summed E-state index contributed by atoms with van der Waals surface area (Å²) in [6.07, 6.45) is 1.82. The smallest absolute Gasteiger partial charge is 0.256 e. The summed E-state index contributed by atoms with van der Waals surface area (Å²) < 4.78 is 0. The number of benzene rings is 3. The van der Waals surface area contributed by atoms with E-state index in [1.165, 1.54) is 0 Å². The highest BCUT2D eigenvalue weighted by Gasteiger charge is 2.13. The van der Waals surface area contributed by atoms with Crippen molar-refractivity contribution in [1.82, 2.24) is 0 Å². The van der Waals surface area contributed by atoms with Gasteiger partial charge in [-0.15, -0.1) is 0 Å². The maximum absolute atomic E-state index is 12.9. The summed E-state index contributed by atoms with van der Waals surface area (Å²) in [4.78, 5) is 12.9. The van der Waals surface area contributed by atoms with Gasteiger partial charge in [-0.05, 0) is 42.3 Å². The summed E-state index contributed by atoms with van der Waals surface area (Å²) in [6.45, 7) is 2.01. The third-order valence-electron chi connectivity index (χ3n) is 3.84. The van der Waals surface area contributed by atoms with Crippen molar-refractivity contribution in [2.45, 2.75) is 6.92 Å². The van der Waals surface area contributed by atoms with Crippen molar-refractivity contribution >= 4 is 34.8 Å². The number of rotatable bonds is 4. The van der Waals surface area contributed by atoms with Crippen LogP contribution < -0.4 is 5.32 Å². The molecule has 0 aliphatic rings. The third kappa shape index (κ3) is 4.37. The third-order valence-corrected chi connectivity index (χ3v) is 4.19. The van der Waals surface area contributed by atoms with Crippen LogP contribution in [0.2, 0.25) is 5.02 Å². The van der Waals surface area contributed by atoms with Crippen LogP contribution in [0.4, 0.5) is 5.69 Å². The topological polar surface area (TPSA) is 29.1 Å². The first-order valence-corrected chi connectivity index (χ1v) is 8.41. The molecule has 3 aromatic carbocycles. The van der Waals surface area contributed by atoms with Gasteiger partial charge in [-0.25, -0.2) is 0 Å². The van der Waals surface area contributed by atoms with Crippen LogP contribution in [0, 0.1) is 6.92 Å². The van der Waals surface area contributed by atoms with Gasteiger partial charge in [-0.3, -0.25) is 4.79 Å². The molecule has 0 aromatic heterocycles. The lowest BCUT2D eigenvalue weighted by atomic mass is 10.0. The zero-order valence-corrected chi connectivity index (χ0v) is 14.6. The largest absolute Gasteiger partial charge is 0.322 e. The van der Waals surface area contributed by atoms with E-state index in [9.17, 15) is 4.79 Å². The number of amides is 1. The maximum Gasteiger partial charge on any atom is 0.256 e. The molecule has 2 nitrogen and oxygen atoms in total. The van der Waals surface area contributed by atoms with Gasteiger partial charge in [0.1, 0.15) is 0 Å². The van der Waals surface area contributed by atoms with Crippen LogP contribution in [0.1, 0.15) is 16.7 Å². The van der Waals surface area contributed by atoms with Gasteiger partial charge in [-0.1, -0.05) is 77.8 Å². The van der Waals surface area contributed by atoms with Gasteiger partial charge in [0.05, 0.1) is 0 Å². The monoisotopic (exact) mass is 347 g/mol. The van der Waals surface area contributed by atoms with Gasteiger partial charge in [0, 0.05) is 16.3 Å². The Balaban J connectivity index is 1.98. The predicted octanol–water partition coefficient (Wildman–Crippen LogP) is 5.83. The van der Waals surface area contributed by atoms with Crippen LogP contribution in [0.15, 0.2) is 78.9 Å². The molecule has 0 spiro atoms. The maximum atomic E-state index is 12.9. The van der Waals surface area contributed by atoms with Crippen molar-refractivity contribution in [3.8, 4) is 0 Å². The Labute approximate surface area is 152 Å². The minimum atomic E-state index is -0.171. The van der Waals surface area contributed by atoms with E-state index in [4.69, 9.17) is 11.6 Å². The van der Waals surface area contributed by atoms with Gasteiger partial charge in [0.2, 0.25) is 0 Å². The fourth-order valence-electron chi connectivity index (χ4n) is 2.48. The summed E-state index contributed by atoms with van der Waals surface area (Å²) >= 11 is 6.26. The quantitative estimate of drug-likeness (QED) is 0.467. The zero-order valence-electron chi connectivity index (χ0n) is 13.9. The summed E-state index contributed by atoms with van der Waals surface area (Å²) in [7, 11) is 0. The first kappa shape index (κ1) is 17.0. The predicted molar refractivity (Wildman–Crippen MR) is 106 cm³/mol. The second-order valence-electron chi connectivity index (χ2n) is 5.77. The highest BCUT2D eigenvalue weighted by molar-refractivity contribution is 6.34. The summed E-state index contributed by atoms with van der Waals surface area (Å²) in [5.41, 5.74) is 4.12. The summed E-state index contributed by atoms with van der Waals surface area (Å²) in [5.74, 6) is -0.171. The summed E-state index contributed by atoms with van der Waals surface area (Å²) in [6, 6.07) is 24.8. The van der Waals surface area contributed by atoms with Crippen LogP contribution in [0.25, 0.3) is 11.6 Å². The Kier molecular flexibility index (Phi) is 5.32. The number of carbonyl (C=O) groups excluding carboxylic acids is 1. The van der Waals surface area contributed by atoms with Crippen molar-refractivity contribution in [3.05, 3.63) is 101 Å². The average molecular weight is 348 g/mol. The van der Waals surface area contributed by atoms with Crippen LogP contribution >= 0.6 is 11.6 Å². The molecular weight excluding hydrogens is 330 g/mol. The molecule has 0 fully saturated rings. The van der Waals surface area contributed by atoms with Gasteiger partial charge < -0.3 is 5.32 Å². The molecule has 124 valence electrons. The van der Waals surface area contributed by atoms with E-state index >= 15 is 0 Å². The molecule has 0 aliphatic heterocycles. The van der Waals surface area contributed by atoms with Crippen molar-refractivity contribution in [1.29, 1.82) is 0 Å². The van der Waals surface area contributed by atoms with Crippen LogP contribution in [-0.2, 0) is 4.79 Å². The van der Waals surface area contributed by atoms with E-state index in [2.05, 4.69) is 5.32 Å². The Morgan fingerprint density at radius 2 is 1.52 bits per heavy atom. The van der Waals surface area contributed by atoms with Gasteiger partial charge in [-0.2, -0.15) is 0 Å². The van der Waals surface area contributed by atoms with E-state index in [0.29, 0.717) is 10.6 Å². The van der Waals surface area contributed by atoms with Crippen molar-refractivity contribution < 1.29 is 4.79 Å². The Hall–Kier alpha value is -2.84. The molecule has 3 aromatic rings. The molecule has 0 bridgehead atoms. The molecule has 0 radical (unpaired) electrons. The van der Waals surface area contributed by atoms with Crippen LogP contribution in [0.5, 0.6) is 0 Å². The lowest BCUT2D eigenvalue weighted by molar-refractivity contribution is -0.111. The van der Waals surface area contributed by atoms with Crippen molar-refractivity contribution in [2.24, 2.45) is 0 Å². The van der Waals surface area contributed by atoms with Crippen LogP contribution in [-0.4, -0.2) is 5.91 Å². The van der Waals surface area contributed by atoms with Crippen LogP contribution in [0.3, 0.4) is 0 Å². The van der Waals surface area contributed by atoms with E-state index in [0.717, 1.165) is 22.4 Å². The first-order chi connectivity index (χ1) is 12.1. The minimum Gasteiger partial charge on any atom is -0.322 e. The van der Waals surface area contributed by atoms with Crippen molar-refractivity contribution in [3.63, 3.8) is 0 Å². The molecule has 0 saturated heterocycles. The molecule has 25 heavy (non-hydrogen) atoms. The lowest BCUT2D eigenvalue weighted by Gasteiger charge is -2.10. The minimum absolute atomic E-state index is 0.171. The molecule has 0 saturated carbocycles. The second-order valence-corrected chi connectivity index (χ2v) is 6.17. The molecule has 3 heteroatoms. The van der Waals surface area contributed by atoms with Gasteiger partial charge >= 0.3 is 0 Å². The fourth-order valence-corrected chi connectivity index (χ4v) is 2.67. The molecule has 0 atom stereocenters. The SMILES string of the molecule is Cc1ccc(NC(=O)/C(=C/c2ccccc2Cl)c2ccccc2)cc1. The number of hydrogen-bond acceptors (Lipinski definition) is 1. The highest BCUT2D eigenvalue weighted by atomic mass is 35.5. The normalized spacial score (nSPS) is 11.2. The number of hydrogen-bond donors (Lipinski definition) is 1. The number of aryl methyl sites for hydroxylation is 1. The molecule has 1 amide bonds. The van der Waals surface area contributed by atoms with E-state index in [1.54, 1.807) is 0 Å². The Morgan fingerprint density at radius 3 is 2.20 bits per heavy atom. The highest BCUT2D eigenvalue weighted by Crippen LogP contribution is 2.24. The Bertz CT molecular complexity index is 899. The van der Waals surface area contributed by atoms with Gasteiger partial charge in [0.15, 0.2) is 0 Å². The standard InChI is InChI=1S/C22H18ClNO/c1-16-11-13-19(14-12-16)24-22(25)20(17-7-3-2-4-8-17)15-18-9-5-6-10-21(18)23/h2-15H,1H3,(H,24,25)/b20-15+. The number of carbonyl (C=O) groups is 1. The number of nitrogens with one attached hydrogen (secondary N) is 1. The number of anilines is 1. The number of halogens is 1. The van der Waals surface area contributed by atoms with E-state index in [-0.39, 0.29) is 5.91 Å². The Morgan fingerprint density at radius 1 is 0.880 bits per heavy atom. The fraction of sp³-hybridized carbons (Fsp3) is 0.0455. The molecule has 3 rings (SSSR count). The van der Waals surface area contributed by atoms with E-state index < -0.39 is 0 Å². The van der Waals surface area contributed by atoms with Gasteiger partial charge in [0.25, 0.3) is 5.91 Å². The summed E-state index contributed by atoms with van der Waals surface area (Å²) in [5, 5.41) is 3.57. The van der Waals surface area contributed by atoms with E-state index in [1.807, 2.05) is 91.9 Å².